The predicted molar refractivity (Wildman–Crippen MR) is 66.7 cm³/mol. The average molecular weight is 213 g/mol. The zero-order chi connectivity index (χ0) is 11.4. The Labute approximate surface area is 95.7 Å². The molecule has 0 heterocycles. The van der Waals surface area contributed by atoms with Crippen LogP contribution >= 0.6 is 0 Å². The van der Waals surface area contributed by atoms with Crippen LogP contribution in [0.4, 0.5) is 5.69 Å². The van der Waals surface area contributed by atoms with Gasteiger partial charge < -0.3 is 10.5 Å². The Morgan fingerprint density at radius 1 is 1.00 bits per heavy atom. The number of anilines is 1. The third kappa shape index (κ3) is 2.16. The molecule has 2 aromatic rings. The number of benzene rings is 2. The summed E-state index contributed by atoms with van der Waals surface area (Å²) in [4.78, 5) is 0. The van der Waals surface area contributed by atoms with E-state index in [1.54, 1.807) is 7.11 Å². The predicted octanol–water partition coefficient (Wildman–Crippen LogP) is 2.87. The number of hydrogen-bond acceptors (Lipinski definition) is 2. The lowest BCUT2D eigenvalue weighted by molar-refractivity contribution is 0.411. The summed E-state index contributed by atoms with van der Waals surface area (Å²) < 4.78 is 5.32. The Bertz CT molecular complexity index is 465. The van der Waals surface area contributed by atoms with E-state index in [1.165, 1.54) is 5.56 Å². The SMILES string of the molecule is COc1cccc(N)c1Cc1ccccc1. The van der Waals surface area contributed by atoms with Crippen LogP contribution in [0, 0.1) is 0 Å². The molecule has 0 atom stereocenters. The van der Waals surface area contributed by atoms with Crippen molar-refractivity contribution in [3.63, 3.8) is 0 Å². The Hall–Kier alpha value is -1.96. The quantitative estimate of drug-likeness (QED) is 0.796. The van der Waals surface area contributed by atoms with Crippen LogP contribution in [0.3, 0.4) is 0 Å². The summed E-state index contributed by atoms with van der Waals surface area (Å²) >= 11 is 0. The molecular formula is C14H15NO. The smallest absolute Gasteiger partial charge is 0.124 e. The highest BCUT2D eigenvalue weighted by Crippen LogP contribution is 2.26. The van der Waals surface area contributed by atoms with Gasteiger partial charge in [-0.3, -0.25) is 0 Å². The van der Waals surface area contributed by atoms with Crippen LogP contribution in [0.25, 0.3) is 0 Å². The molecule has 2 heteroatoms. The van der Waals surface area contributed by atoms with Crippen LogP contribution in [-0.2, 0) is 6.42 Å². The maximum absolute atomic E-state index is 5.96. The van der Waals surface area contributed by atoms with Crippen LogP contribution in [-0.4, -0.2) is 7.11 Å². The summed E-state index contributed by atoms with van der Waals surface area (Å²) in [5, 5.41) is 0. The first-order chi connectivity index (χ1) is 7.81. The van der Waals surface area contributed by atoms with Gasteiger partial charge in [-0.1, -0.05) is 36.4 Å². The molecule has 2 aromatic carbocycles. The number of nitrogens with two attached hydrogens (primary N) is 1. The molecule has 0 amide bonds. The zero-order valence-electron chi connectivity index (χ0n) is 9.31. The molecule has 0 radical (unpaired) electrons. The monoisotopic (exact) mass is 213 g/mol. The first kappa shape index (κ1) is 10.6. The van der Waals surface area contributed by atoms with E-state index in [4.69, 9.17) is 10.5 Å². The minimum absolute atomic E-state index is 0.781. The van der Waals surface area contributed by atoms with Crippen molar-refractivity contribution in [2.24, 2.45) is 0 Å². The van der Waals surface area contributed by atoms with E-state index < -0.39 is 0 Å². The molecule has 0 aromatic heterocycles. The molecule has 0 unspecified atom stereocenters. The van der Waals surface area contributed by atoms with Crippen LogP contribution in [0.1, 0.15) is 11.1 Å². The van der Waals surface area contributed by atoms with Gasteiger partial charge in [0.05, 0.1) is 7.11 Å². The molecule has 2 rings (SSSR count). The largest absolute Gasteiger partial charge is 0.496 e. The standard InChI is InChI=1S/C14H15NO/c1-16-14-9-5-8-13(15)12(14)10-11-6-3-2-4-7-11/h2-9H,10,15H2,1H3. The fraction of sp³-hybridized carbons (Fsp3) is 0.143. The molecule has 0 aliphatic heterocycles. The van der Waals surface area contributed by atoms with Crippen LogP contribution in [0.5, 0.6) is 5.75 Å². The van der Waals surface area contributed by atoms with Crippen LogP contribution in [0.15, 0.2) is 48.5 Å². The van der Waals surface area contributed by atoms with Gasteiger partial charge in [0, 0.05) is 17.7 Å². The van der Waals surface area contributed by atoms with E-state index in [2.05, 4.69) is 12.1 Å². The lowest BCUT2D eigenvalue weighted by Gasteiger charge is -2.11. The van der Waals surface area contributed by atoms with Gasteiger partial charge in [-0.15, -0.1) is 0 Å². The fourth-order valence-corrected chi connectivity index (χ4v) is 1.76. The summed E-state index contributed by atoms with van der Waals surface area (Å²) in [6.07, 6.45) is 0.802. The molecule has 0 bridgehead atoms. The Kier molecular flexibility index (Phi) is 3.10. The number of nitrogen functional groups attached to an aromatic ring is 1. The molecule has 0 aliphatic rings. The normalized spacial score (nSPS) is 10.1. The first-order valence-electron chi connectivity index (χ1n) is 5.26. The summed E-state index contributed by atoms with van der Waals surface area (Å²) in [6, 6.07) is 16.0. The number of ether oxygens (including phenoxy) is 1. The fourth-order valence-electron chi connectivity index (χ4n) is 1.76. The van der Waals surface area contributed by atoms with E-state index in [-0.39, 0.29) is 0 Å². The van der Waals surface area contributed by atoms with Crippen molar-refractivity contribution in [3.8, 4) is 5.75 Å². The molecule has 2 nitrogen and oxygen atoms in total. The highest BCUT2D eigenvalue weighted by atomic mass is 16.5. The number of rotatable bonds is 3. The van der Waals surface area contributed by atoms with Gasteiger partial charge in [-0.2, -0.15) is 0 Å². The third-order valence-electron chi connectivity index (χ3n) is 2.61. The summed E-state index contributed by atoms with van der Waals surface area (Å²) in [7, 11) is 1.67. The highest BCUT2D eigenvalue weighted by Gasteiger charge is 2.06. The highest BCUT2D eigenvalue weighted by molar-refractivity contribution is 5.55. The summed E-state index contributed by atoms with van der Waals surface area (Å²) in [5.41, 5.74) is 9.03. The lowest BCUT2D eigenvalue weighted by Crippen LogP contribution is -1.99. The molecule has 0 fully saturated rings. The van der Waals surface area contributed by atoms with Crippen LogP contribution in [0.2, 0.25) is 0 Å². The van der Waals surface area contributed by atoms with Gasteiger partial charge in [0.15, 0.2) is 0 Å². The van der Waals surface area contributed by atoms with Crippen LogP contribution < -0.4 is 10.5 Å². The van der Waals surface area contributed by atoms with Crippen molar-refractivity contribution in [1.82, 2.24) is 0 Å². The maximum Gasteiger partial charge on any atom is 0.124 e. The van der Waals surface area contributed by atoms with Gasteiger partial charge in [-0.05, 0) is 17.7 Å². The van der Waals surface area contributed by atoms with Crippen molar-refractivity contribution >= 4 is 5.69 Å². The van der Waals surface area contributed by atoms with E-state index in [0.717, 1.165) is 23.4 Å². The number of hydrogen-bond donors (Lipinski definition) is 1. The van der Waals surface area contributed by atoms with E-state index in [1.807, 2.05) is 36.4 Å². The average Bonchev–Trinajstić information content (AvgIpc) is 2.33. The first-order valence-corrected chi connectivity index (χ1v) is 5.26. The molecule has 82 valence electrons. The Balaban J connectivity index is 2.34. The van der Waals surface area contributed by atoms with E-state index in [0.29, 0.717) is 0 Å². The molecule has 0 saturated heterocycles. The van der Waals surface area contributed by atoms with Crippen molar-refractivity contribution in [3.05, 3.63) is 59.7 Å². The van der Waals surface area contributed by atoms with Gasteiger partial charge in [0.1, 0.15) is 5.75 Å². The summed E-state index contributed by atoms with van der Waals surface area (Å²) in [5.74, 6) is 0.851. The Morgan fingerprint density at radius 2 is 1.75 bits per heavy atom. The Morgan fingerprint density at radius 3 is 2.44 bits per heavy atom. The van der Waals surface area contributed by atoms with Gasteiger partial charge in [0.2, 0.25) is 0 Å². The maximum atomic E-state index is 5.96. The van der Waals surface area contributed by atoms with Crippen molar-refractivity contribution in [2.75, 3.05) is 12.8 Å². The van der Waals surface area contributed by atoms with Crippen molar-refractivity contribution in [2.45, 2.75) is 6.42 Å². The molecular weight excluding hydrogens is 198 g/mol. The topological polar surface area (TPSA) is 35.2 Å². The second kappa shape index (κ2) is 4.71. The lowest BCUT2D eigenvalue weighted by atomic mass is 10.0. The molecule has 0 aliphatic carbocycles. The second-order valence-corrected chi connectivity index (χ2v) is 3.69. The minimum Gasteiger partial charge on any atom is -0.496 e. The molecule has 16 heavy (non-hydrogen) atoms. The van der Waals surface area contributed by atoms with Crippen molar-refractivity contribution < 1.29 is 4.74 Å². The van der Waals surface area contributed by atoms with Gasteiger partial charge in [-0.25, -0.2) is 0 Å². The molecule has 0 saturated carbocycles. The third-order valence-corrected chi connectivity index (χ3v) is 2.61. The zero-order valence-corrected chi connectivity index (χ0v) is 9.31. The summed E-state index contributed by atoms with van der Waals surface area (Å²) in [6.45, 7) is 0. The van der Waals surface area contributed by atoms with E-state index >= 15 is 0 Å². The van der Waals surface area contributed by atoms with E-state index in [9.17, 15) is 0 Å². The van der Waals surface area contributed by atoms with Gasteiger partial charge in [0.25, 0.3) is 0 Å². The molecule has 0 spiro atoms. The van der Waals surface area contributed by atoms with Crippen molar-refractivity contribution in [1.29, 1.82) is 0 Å². The second-order valence-electron chi connectivity index (χ2n) is 3.69. The minimum atomic E-state index is 0.781. The number of methoxy groups -OCH3 is 1. The van der Waals surface area contributed by atoms with Gasteiger partial charge >= 0.3 is 0 Å². The molecule has 2 N–H and O–H groups in total.